The first-order valence-electron chi connectivity index (χ1n) is 12.6. The molecular formula is C30H34N4O4. The van der Waals surface area contributed by atoms with Gasteiger partial charge in [-0.3, -0.25) is 14.5 Å². The molecule has 0 radical (unpaired) electrons. The number of hydrogen-bond acceptors (Lipinski definition) is 5. The van der Waals surface area contributed by atoms with Crippen LogP contribution in [0.1, 0.15) is 38.7 Å². The lowest BCUT2D eigenvalue weighted by Gasteiger charge is -2.24. The Balaban J connectivity index is 1.53. The highest BCUT2D eigenvalue weighted by molar-refractivity contribution is 6.04. The Morgan fingerprint density at radius 2 is 1.66 bits per heavy atom. The molecule has 4 rings (SSSR count). The number of hydrogen-bond donors (Lipinski definition) is 2. The van der Waals surface area contributed by atoms with Gasteiger partial charge in [0.1, 0.15) is 0 Å². The third-order valence-electron chi connectivity index (χ3n) is 6.46. The lowest BCUT2D eigenvalue weighted by molar-refractivity contribution is -0.126. The molecule has 0 bridgehead atoms. The van der Waals surface area contributed by atoms with Crippen molar-refractivity contribution in [1.29, 1.82) is 0 Å². The van der Waals surface area contributed by atoms with Crippen molar-refractivity contribution in [3.05, 3.63) is 101 Å². The third kappa shape index (κ3) is 6.58. The van der Waals surface area contributed by atoms with Crippen LogP contribution in [0.2, 0.25) is 0 Å². The Bertz CT molecular complexity index is 1290. The minimum Gasteiger partial charge on any atom is -0.438 e. The Hall–Kier alpha value is -4.17. The number of nitrogens with zero attached hydrogens (tertiary/aromatic N) is 2. The minimum atomic E-state index is -0.835. The zero-order valence-electron chi connectivity index (χ0n) is 22.2. The van der Waals surface area contributed by atoms with E-state index in [9.17, 15) is 14.4 Å². The smallest absolute Gasteiger partial charge is 0.411 e. The van der Waals surface area contributed by atoms with E-state index in [0.717, 1.165) is 16.7 Å². The summed E-state index contributed by atoms with van der Waals surface area (Å²) in [5.74, 6) is -0.486. The van der Waals surface area contributed by atoms with E-state index in [1.54, 1.807) is 36.4 Å². The second-order valence-electron chi connectivity index (χ2n) is 9.90. The summed E-state index contributed by atoms with van der Waals surface area (Å²) in [6.07, 6.45) is -1.32. The van der Waals surface area contributed by atoms with Gasteiger partial charge in [-0.15, -0.1) is 0 Å². The molecule has 198 valence electrons. The fraction of sp³-hybridized carbons (Fsp3) is 0.300. The Morgan fingerprint density at radius 3 is 2.32 bits per heavy atom. The summed E-state index contributed by atoms with van der Waals surface area (Å²) in [6, 6.07) is 21.4. The quantitative estimate of drug-likeness (QED) is 0.445. The molecule has 0 saturated carbocycles. The molecule has 38 heavy (non-hydrogen) atoms. The molecule has 1 aliphatic heterocycles. The summed E-state index contributed by atoms with van der Waals surface area (Å²) < 4.78 is 5.75. The molecule has 0 aliphatic carbocycles. The Labute approximate surface area is 223 Å². The van der Waals surface area contributed by atoms with Crippen LogP contribution in [0.15, 0.2) is 72.8 Å². The van der Waals surface area contributed by atoms with Crippen molar-refractivity contribution in [2.45, 2.75) is 32.5 Å². The van der Waals surface area contributed by atoms with Gasteiger partial charge in [-0.2, -0.15) is 0 Å². The lowest BCUT2D eigenvalue weighted by Crippen LogP contribution is -2.47. The summed E-state index contributed by atoms with van der Waals surface area (Å²) in [5, 5.41) is 5.83. The monoisotopic (exact) mass is 514 g/mol. The summed E-state index contributed by atoms with van der Waals surface area (Å²) in [7, 11) is 3.86. The van der Waals surface area contributed by atoms with E-state index in [4.69, 9.17) is 4.74 Å². The van der Waals surface area contributed by atoms with Crippen LogP contribution >= 0.6 is 0 Å². The van der Waals surface area contributed by atoms with E-state index in [0.29, 0.717) is 29.9 Å². The zero-order chi connectivity index (χ0) is 27.2. The molecule has 3 aromatic carbocycles. The van der Waals surface area contributed by atoms with Crippen molar-refractivity contribution in [2.75, 3.05) is 32.5 Å². The number of carbonyl (C=O) groups excluding carboxylic acids is 3. The predicted molar refractivity (Wildman–Crippen MR) is 147 cm³/mol. The van der Waals surface area contributed by atoms with E-state index in [2.05, 4.69) is 10.6 Å². The molecule has 1 fully saturated rings. The standard InChI is InChI=1S/C30H34N4O4/c1-20-8-10-24(11-9-20)28(35)32-25-14-12-23(13-15-25)27-26(29(36)31-16-17-33(3)4)34(30(37)38-27)19-22-7-5-6-21(2)18-22/h5-15,18,26-27H,16-17,19H2,1-4H3,(H,31,36)(H,32,35). The van der Waals surface area contributed by atoms with Gasteiger partial charge in [0.25, 0.3) is 5.91 Å². The summed E-state index contributed by atoms with van der Waals surface area (Å²) in [4.78, 5) is 42.4. The molecule has 8 nitrogen and oxygen atoms in total. The molecule has 1 saturated heterocycles. The second kappa shape index (κ2) is 11.9. The first-order valence-corrected chi connectivity index (χ1v) is 12.6. The van der Waals surface area contributed by atoms with Crippen molar-refractivity contribution in [2.24, 2.45) is 0 Å². The number of carbonyl (C=O) groups is 3. The molecular weight excluding hydrogens is 480 g/mol. The Kier molecular flexibility index (Phi) is 8.43. The first-order chi connectivity index (χ1) is 18.2. The van der Waals surface area contributed by atoms with Gasteiger partial charge in [-0.25, -0.2) is 4.79 Å². The number of anilines is 1. The van der Waals surface area contributed by atoms with E-state index in [-0.39, 0.29) is 18.4 Å². The number of nitrogens with one attached hydrogen (secondary N) is 2. The molecule has 0 spiro atoms. The highest BCUT2D eigenvalue weighted by atomic mass is 16.6. The van der Waals surface area contributed by atoms with Gasteiger partial charge in [0, 0.05) is 24.3 Å². The molecule has 3 amide bonds. The zero-order valence-corrected chi connectivity index (χ0v) is 22.2. The van der Waals surface area contributed by atoms with Crippen LogP contribution < -0.4 is 10.6 Å². The SMILES string of the molecule is Cc1ccc(C(=O)Nc2ccc(C3OC(=O)N(Cc4cccc(C)c4)C3C(=O)NCCN(C)C)cc2)cc1. The van der Waals surface area contributed by atoms with Crippen LogP contribution in [0, 0.1) is 13.8 Å². The van der Waals surface area contributed by atoms with Gasteiger partial charge >= 0.3 is 6.09 Å². The fourth-order valence-electron chi connectivity index (χ4n) is 4.39. The average molecular weight is 515 g/mol. The second-order valence-corrected chi connectivity index (χ2v) is 9.90. The number of rotatable bonds is 9. The number of benzene rings is 3. The lowest BCUT2D eigenvalue weighted by atomic mass is 10.00. The number of ether oxygens (including phenoxy) is 1. The maximum Gasteiger partial charge on any atom is 0.411 e. The van der Waals surface area contributed by atoms with Crippen molar-refractivity contribution in [1.82, 2.24) is 15.1 Å². The normalized spacial score (nSPS) is 16.9. The Morgan fingerprint density at radius 1 is 0.947 bits per heavy atom. The first kappa shape index (κ1) is 26.9. The topological polar surface area (TPSA) is 91.0 Å². The minimum absolute atomic E-state index is 0.215. The number of likely N-dealkylation sites (N-methyl/N-ethyl adjacent to an activating group) is 1. The third-order valence-corrected chi connectivity index (χ3v) is 6.46. The maximum atomic E-state index is 13.4. The highest BCUT2D eigenvalue weighted by Gasteiger charge is 2.46. The summed E-state index contributed by atoms with van der Waals surface area (Å²) >= 11 is 0. The van der Waals surface area contributed by atoms with Gasteiger partial charge in [-0.1, -0.05) is 59.7 Å². The largest absolute Gasteiger partial charge is 0.438 e. The molecule has 1 aliphatic rings. The van der Waals surface area contributed by atoms with Gasteiger partial charge < -0.3 is 20.3 Å². The van der Waals surface area contributed by atoms with Crippen LogP contribution in [0.3, 0.4) is 0 Å². The maximum absolute atomic E-state index is 13.4. The van der Waals surface area contributed by atoms with Crippen LogP contribution in [-0.2, 0) is 16.1 Å². The fourth-order valence-corrected chi connectivity index (χ4v) is 4.39. The van der Waals surface area contributed by atoms with Gasteiger partial charge in [0.05, 0.1) is 6.54 Å². The number of aryl methyl sites for hydroxylation is 2. The van der Waals surface area contributed by atoms with Crippen molar-refractivity contribution >= 4 is 23.6 Å². The summed E-state index contributed by atoms with van der Waals surface area (Å²) in [6.45, 7) is 5.33. The van der Waals surface area contributed by atoms with Crippen LogP contribution in [0.5, 0.6) is 0 Å². The van der Waals surface area contributed by atoms with E-state index >= 15 is 0 Å². The van der Waals surface area contributed by atoms with Gasteiger partial charge in [0.2, 0.25) is 5.91 Å². The van der Waals surface area contributed by atoms with Crippen LogP contribution in [0.4, 0.5) is 10.5 Å². The van der Waals surface area contributed by atoms with E-state index in [1.165, 1.54) is 4.90 Å². The van der Waals surface area contributed by atoms with E-state index in [1.807, 2.05) is 69.2 Å². The van der Waals surface area contributed by atoms with Crippen LogP contribution in [-0.4, -0.2) is 60.9 Å². The van der Waals surface area contributed by atoms with Crippen molar-refractivity contribution in [3.8, 4) is 0 Å². The van der Waals surface area contributed by atoms with Gasteiger partial charge in [0.15, 0.2) is 12.1 Å². The molecule has 3 aromatic rings. The van der Waals surface area contributed by atoms with Crippen molar-refractivity contribution < 1.29 is 19.1 Å². The highest BCUT2D eigenvalue weighted by Crippen LogP contribution is 2.34. The molecule has 2 unspecified atom stereocenters. The van der Waals surface area contributed by atoms with Crippen molar-refractivity contribution in [3.63, 3.8) is 0 Å². The van der Waals surface area contributed by atoms with E-state index < -0.39 is 18.2 Å². The average Bonchev–Trinajstić information content (AvgIpc) is 3.20. The van der Waals surface area contributed by atoms with Gasteiger partial charge in [-0.05, 0) is 63.3 Å². The molecule has 1 heterocycles. The summed E-state index contributed by atoms with van der Waals surface area (Å²) in [5.41, 5.74) is 4.91. The molecule has 2 N–H and O–H groups in total. The molecule has 8 heteroatoms. The molecule has 2 atom stereocenters. The number of cyclic esters (lactones) is 1. The predicted octanol–water partition coefficient (Wildman–Crippen LogP) is 4.30. The number of amides is 3. The van der Waals surface area contributed by atoms with Crippen LogP contribution in [0.25, 0.3) is 0 Å². The molecule has 0 aromatic heterocycles.